The molecule has 1 aliphatic heterocycles. The number of hydrogen-bond donors (Lipinski definition) is 1. The number of ether oxygens (including phenoxy) is 1. The first-order chi connectivity index (χ1) is 6.86. The molecule has 0 spiro atoms. The van der Waals surface area contributed by atoms with E-state index >= 15 is 0 Å². The van der Waals surface area contributed by atoms with Crippen LogP contribution in [0.4, 0.5) is 0 Å². The molecule has 2 nitrogen and oxygen atoms in total. The first kappa shape index (κ1) is 10.1. The molecule has 1 aliphatic rings. The highest BCUT2D eigenvalue weighted by Gasteiger charge is 2.13. The van der Waals surface area contributed by atoms with Gasteiger partial charge in [0.15, 0.2) is 0 Å². The summed E-state index contributed by atoms with van der Waals surface area (Å²) in [6.07, 6.45) is 2.45. The standard InChI is InChI=1S/C11H17NOS/c1-9-4-6-14-11(9)7-12-10-3-2-5-13-8-10/h4,6,10,12H,2-3,5,7-8H2,1H3/t10-/m1/s1. The molecule has 78 valence electrons. The molecule has 2 rings (SSSR count). The molecule has 14 heavy (non-hydrogen) atoms. The maximum Gasteiger partial charge on any atom is 0.0619 e. The molecule has 1 fully saturated rings. The van der Waals surface area contributed by atoms with Crippen molar-refractivity contribution in [2.24, 2.45) is 0 Å². The molecule has 3 heteroatoms. The summed E-state index contributed by atoms with van der Waals surface area (Å²) in [4.78, 5) is 1.45. The van der Waals surface area contributed by atoms with E-state index in [1.54, 1.807) is 0 Å². The van der Waals surface area contributed by atoms with Crippen LogP contribution < -0.4 is 5.32 Å². The maximum atomic E-state index is 5.42. The second-order valence-corrected chi connectivity index (χ2v) is 4.82. The van der Waals surface area contributed by atoms with Crippen molar-refractivity contribution in [3.8, 4) is 0 Å². The Hall–Kier alpha value is -0.380. The highest BCUT2D eigenvalue weighted by Crippen LogP contribution is 2.16. The number of nitrogens with one attached hydrogen (secondary N) is 1. The van der Waals surface area contributed by atoms with E-state index in [1.807, 2.05) is 11.3 Å². The lowest BCUT2D eigenvalue weighted by Gasteiger charge is -2.23. The molecule has 1 aromatic heterocycles. The minimum atomic E-state index is 0.560. The maximum absolute atomic E-state index is 5.42. The first-order valence-electron chi connectivity index (χ1n) is 5.20. The van der Waals surface area contributed by atoms with E-state index in [-0.39, 0.29) is 0 Å². The molecule has 1 N–H and O–H groups in total. The van der Waals surface area contributed by atoms with Crippen molar-refractivity contribution in [3.63, 3.8) is 0 Å². The van der Waals surface area contributed by atoms with E-state index in [2.05, 4.69) is 23.7 Å². The van der Waals surface area contributed by atoms with Crippen LogP contribution in [-0.4, -0.2) is 19.3 Å². The van der Waals surface area contributed by atoms with E-state index in [4.69, 9.17) is 4.74 Å². The lowest BCUT2D eigenvalue weighted by molar-refractivity contribution is 0.0700. The SMILES string of the molecule is Cc1ccsc1CN[C@@H]1CCCOC1. The third-order valence-corrected chi connectivity index (χ3v) is 3.70. The smallest absolute Gasteiger partial charge is 0.0619 e. The van der Waals surface area contributed by atoms with E-state index < -0.39 is 0 Å². The largest absolute Gasteiger partial charge is 0.380 e. The van der Waals surface area contributed by atoms with Crippen LogP contribution in [0.2, 0.25) is 0 Å². The Kier molecular flexibility index (Phi) is 3.56. The quantitative estimate of drug-likeness (QED) is 0.828. The number of aryl methyl sites for hydroxylation is 1. The molecule has 2 heterocycles. The van der Waals surface area contributed by atoms with Gasteiger partial charge in [0, 0.05) is 24.1 Å². The van der Waals surface area contributed by atoms with Gasteiger partial charge in [0.25, 0.3) is 0 Å². The zero-order valence-corrected chi connectivity index (χ0v) is 9.40. The summed E-state index contributed by atoms with van der Waals surface area (Å²) in [5.41, 5.74) is 1.40. The predicted molar refractivity (Wildman–Crippen MR) is 59.7 cm³/mol. The number of hydrogen-bond acceptors (Lipinski definition) is 3. The van der Waals surface area contributed by atoms with Crippen LogP contribution in [0.25, 0.3) is 0 Å². The topological polar surface area (TPSA) is 21.3 Å². The van der Waals surface area contributed by atoms with Gasteiger partial charge in [0.05, 0.1) is 6.61 Å². The van der Waals surface area contributed by atoms with Gasteiger partial charge in [-0.3, -0.25) is 0 Å². The Labute approximate surface area is 89.3 Å². The summed E-state index contributed by atoms with van der Waals surface area (Å²) in [7, 11) is 0. The van der Waals surface area contributed by atoms with Gasteiger partial charge in [-0.05, 0) is 36.8 Å². The first-order valence-corrected chi connectivity index (χ1v) is 6.08. The Morgan fingerprint density at radius 3 is 3.21 bits per heavy atom. The summed E-state index contributed by atoms with van der Waals surface area (Å²) in [6, 6.07) is 2.74. The molecular weight excluding hydrogens is 194 g/mol. The average molecular weight is 211 g/mol. The van der Waals surface area contributed by atoms with Crippen molar-refractivity contribution in [2.45, 2.75) is 32.4 Å². The Morgan fingerprint density at radius 2 is 2.57 bits per heavy atom. The molecule has 1 aromatic rings. The third kappa shape index (κ3) is 2.56. The van der Waals surface area contributed by atoms with Crippen LogP contribution in [0.3, 0.4) is 0 Å². The zero-order chi connectivity index (χ0) is 9.80. The molecule has 0 unspecified atom stereocenters. The zero-order valence-electron chi connectivity index (χ0n) is 8.58. The normalized spacial score (nSPS) is 22.5. The van der Waals surface area contributed by atoms with Gasteiger partial charge in [-0.15, -0.1) is 11.3 Å². The lowest BCUT2D eigenvalue weighted by Crippen LogP contribution is -2.36. The number of thiophene rings is 1. The number of rotatable bonds is 3. The molecule has 1 atom stereocenters. The van der Waals surface area contributed by atoms with E-state index in [0.717, 1.165) is 19.8 Å². The van der Waals surface area contributed by atoms with Crippen molar-refractivity contribution >= 4 is 11.3 Å². The van der Waals surface area contributed by atoms with Gasteiger partial charge in [-0.1, -0.05) is 0 Å². The van der Waals surface area contributed by atoms with Gasteiger partial charge in [0.1, 0.15) is 0 Å². The average Bonchev–Trinajstić information content (AvgIpc) is 2.63. The van der Waals surface area contributed by atoms with Crippen LogP contribution >= 0.6 is 11.3 Å². The van der Waals surface area contributed by atoms with Gasteiger partial charge >= 0.3 is 0 Å². The second-order valence-electron chi connectivity index (χ2n) is 3.82. The van der Waals surface area contributed by atoms with Crippen LogP contribution in [0.5, 0.6) is 0 Å². The minimum Gasteiger partial charge on any atom is -0.380 e. The van der Waals surface area contributed by atoms with Gasteiger partial charge < -0.3 is 10.1 Å². The van der Waals surface area contributed by atoms with Gasteiger partial charge in [-0.25, -0.2) is 0 Å². The minimum absolute atomic E-state index is 0.560. The molecular formula is C11H17NOS. The van der Waals surface area contributed by atoms with Crippen molar-refractivity contribution in [1.29, 1.82) is 0 Å². The van der Waals surface area contributed by atoms with E-state index in [9.17, 15) is 0 Å². The third-order valence-electron chi connectivity index (χ3n) is 2.68. The monoisotopic (exact) mass is 211 g/mol. The van der Waals surface area contributed by atoms with Crippen molar-refractivity contribution in [2.75, 3.05) is 13.2 Å². The van der Waals surface area contributed by atoms with E-state index in [0.29, 0.717) is 6.04 Å². The van der Waals surface area contributed by atoms with E-state index in [1.165, 1.54) is 23.3 Å². The molecule has 0 bridgehead atoms. The summed E-state index contributed by atoms with van der Waals surface area (Å²) in [5, 5.41) is 5.71. The highest BCUT2D eigenvalue weighted by molar-refractivity contribution is 7.10. The summed E-state index contributed by atoms with van der Waals surface area (Å²) in [6.45, 7) is 4.99. The lowest BCUT2D eigenvalue weighted by atomic mass is 10.1. The van der Waals surface area contributed by atoms with Gasteiger partial charge in [-0.2, -0.15) is 0 Å². The molecule has 0 aromatic carbocycles. The van der Waals surface area contributed by atoms with Crippen LogP contribution in [-0.2, 0) is 11.3 Å². The molecule has 0 radical (unpaired) electrons. The Morgan fingerprint density at radius 1 is 1.64 bits per heavy atom. The van der Waals surface area contributed by atoms with Crippen molar-refractivity contribution in [1.82, 2.24) is 5.32 Å². The summed E-state index contributed by atoms with van der Waals surface area (Å²) < 4.78 is 5.42. The summed E-state index contributed by atoms with van der Waals surface area (Å²) in [5.74, 6) is 0. The van der Waals surface area contributed by atoms with Crippen LogP contribution in [0.15, 0.2) is 11.4 Å². The molecule has 0 amide bonds. The molecule has 0 saturated carbocycles. The fourth-order valence-electron chi connectivity index (χ4n) is 1.72. The molecule has 1 saturated heterocycles. The van der Waals surface area contributed by atoms with Gasteiger partial charge in [0.2, 0.25) is 0 Å². The Balaban J connectivity index is 1.79. The fraction of sp³-hybridized carbons (Fsp3) is 0.636. The van der Waals surface area contributed by atoms with Crippen LogP contribution in [0.1, 0.15) is 23.3 Å². The second kappa shape index (κ2) is 4.91. The van der Waals surface area contributed by atoms with Crippen molar-refractivity contribution < 1.29 is 4.74 Å². The predicted octanol–water partition coefficient (Wildman–Crippen LogP) is 2.33. The molecule has 0 aliphatic carbocycles. The summed E-state index contributed by atoms with van der Waals surface area (Å²) >= 11 is 1.83. The van der Waals surface area contributed by atoms with Crippen molar-refractivity contribution in [3.05, 3.63) is 21.9 Å². The fourth-order valence-corrected chi connectivity index (χ4v) is 2.58. The Bertz CT molecular complexity index is 279. The highest BCUT2D eigenvalue weighted by atomic mass is 32.1. The van der Waals surface area contributed by atoms with Crippen LogP contribution in [0, 0.1) is 6.92 Å².